The lowest BCUT2D eigenvalue weighted by atomic mass is 9.95. The quantitative estimate of drug-likeness (QED) is 0.470. The highest BCUT2D eigenvalue weighted by atomic mass is 16.6. The van der Waals surface area contributed by atoms with E-state index in [0.29, 0.717) is 13.2 Å². The van der Waals surface area contributed by atoms with Crippen LogP contribution in [0.3, 0.4) is 0 Å². The summed E-state index contributed by atoms with van der Waals surface area (Å²) in [5.74, 6) is 0.864. The van der Waals surface area contributed by atoms with E-state index in [-0.39, 0.29) is 18.2 Å². The van der Waals surface area contributed by atoms with Gasteiger partial charge in [0.05, 0.1) is 6.04 Å². The van der Waals surface area contributed by atoms with Crippen molar-refractivity contribution in [3.63, 3.8) is 0 Å². The van der Waals surface area contributed by atoms with E-state index >= 15 is 0 Å². The molecule has 0 aliphatic carbocycles. The molecule has 1 saturated heterocycles. The first kappa shape index (κ1) is 20.4. The zero-order valence-corrected chi connectivity index (χ0v) is 18.0. The number of benzene rings is 3. The van der Waals surface area contributed by atoms with Crippen molar-refractivity contribution >= 4 is 11.7 Å². The van der Waals surface area contributed by atoms with Crippen molar-refractivity contribution in [2.24, 2.45) is 0 Å². The summed E-state index contributed by atoms with van der Waals surface area (Å²) >= 11 is 0. The Morgan fingerprint density at radius 3 is 2.12 bits per heavy atom. The molecule has 2 heterocycles. The maximum Gasteiger partial charge on any atom is 0.410 e. The summed E-state index contributed by atoms with van der Waals surface area (Å²) in [7, 11) is 0. The smallest absolute Gasteiger partial charge is 0.410 e. The molecule has 3 aromatic rings. The van der Waals surface area contributed by atoms with Gasteiger partial charge in [-0.2, -0.15) is 0 Å². The van der Waals surface area contributed by atoms with Crippen LogP contribution in [-0.4, -0.2) is 23.1 Å². The predicted molar refractivity (Wildman–Crippen MR) is 125 cm³/mol. The average Bonchev–Trinajstić information content (AvgIpc) is 3.12. The van der Waals surface area contributed by atoms with Crippen LogP contribution in [0.5, 0.6) is 5.75 Å². The Hall–Kier alpha value is -3.53. The first-order chi connectivity index (χ1) is 15.8. The molecule has 32 heavy (non-hydrogen) atoms. The van der Waals surface area contributed by atoms with E-state index in [4.69, 9.17) is 9.47 Å². The maximum atomic E-state index is 12.8. The molecule has 5 rings (SSSR count). The number of carbonyl (C=O) groups is 1. The average molecular weight is 426 g/mol. The molecule has 2 aliphatic rings. The molecule has 3 aromatic carbocycles. The molecular weight excluding hydrogens is 398 g/mol. The van der Waals surface area contributed by atoms with Crippen LogP contribution in [0.4, 0.5) is 4.79 Å². The zero-order chi connectivity index (χ0) is 21.8. The number of carbonyl (C=O) groups excluding carboxylic acids is 1. The third-order valence-corrected chi connectivity index (χ3v) is 6.28. The van der Waals surface area contributed by atoms with Crippen molar-refractivity contribution in [2.45, 2.75) is 44.6 Å². The van der Waals surface area contributed by atoms with Crippen molar-refractivity contribution in [2.75, 3.05) is 0 Å². The molecule has 4 nitrogen and oxygen atoms in total. The summed E-state index contributed by atoms with van der Waals surface area (Å²) in [5.41, 5.74) is 4.67. The van der Waals surface area contributed by atoms with E-state index in [1.807, 2.05) is 65.6 Å². The van der Waals surface area contributed by atoms with Crippen LogP contribution in [-0.2, 0) is 18.0 Å². The molecule has 1 fully saturated rings. The van der Waals surface area contributed by atoms with Crippen LogP contribution in [0.1, 0.15) is 36.0 Å². The molecule has 0 radical (unpaired) electrons. The highest BCUT2D eigenvalue weighted by Gasteiger charge is 2.40. The first-order valence-corrected chi connectivity index (χ1v) is 11.2. The minimum Gasteiger partial charge on any atom is -0.489 e. The summed E-state index contributed by atoms with van der Waals surface area (Å²) < 4.78 is 11.5. The van der Waals surface area contributed by atoms with Crippen molar-refractivity contribution < 1.29 is 14.3 Å². The van der Waals surface area contributed by atoms with Gasteiger partial charge in [0.2, 0.25) is 0 Å². The topological polar surface area (TPSA) is 38.8 Å². The lowest BCUT2D eigenvalue weighted by Crippen LogP contribution is -2.43. The molecule has 2 aliphatic heterocycles. The summed E-state index contributed by atoms with van der Waals surface area (Å²) in [6.45, 7) is 0.879. The summed E-state index contributed by atoms with van der Waals surface area (Å²) in [5, 5.41) is 0. The fourth-order valence-electron chi connectivity index (χ4n) is 4.63. The third-order valence-electron chi connectivity index (χ3n) is 6.28. The second-order valence-corrected chi connectivity index (χ2v) is 8.44. The van der Waals surface area contributed by atoms with Crippen LogP contribution in [0.15, 0.2) is 91.0 Å². The van der Waals surface area contributed by atoms with E-state index in [1.165, 1.54) is 11.1 Å². The molecule has 0 spiro atoms. The van der Waals surface area contributed by atoms with Gasteiger partial charge in [-0.25, -0.2) is 4.79 Å². The van der Waals surface area contributed by atoms with Crippen LogP contribution < -0.4 is 4.74 Å². The van der Waals surface area contributed by atoms with Crippen molar-refractivity contribution in [3.05, 3.63) is 108 Å². The molecule has 0 aromatic heterocycles. The van der Waals surface area contributed by atoms with Crippen molar-refractivity contribution in [1.29, 1.82) is 0 Å². The Kier molecular flexibility index (Phi) is 5.93. The number of nitrogens with zero attached hydrogens (tertiary/aromatic N) is 1. The predicted octanol–water partition coefficient (Wildman–Crippen LogP) is 6.22. The van der Waals surface area contributed by atoms with E-state index < -0.39 is 0 Å². The molecular formula is C28H27NO3. The second-order valence-electron chi connectivity index (χ2n) is 8.44. The zero-order valence-electron chi connectivity index (χ0n) is 18.0. The highest BCUT2D eigenvalue weighted by molar-refractivity contribution is 5.75. The van der Waals surface area contributed by atoms with Gasteiger partial charge in [0.25, 0.3) is 0 Å². The molecule has 4 heteroatoms. The Morgan fingerprint density at radius 2 is 1.47 bits per heavy atom. The van der Waals surface area contributed by atoms with Gasteiger partial charge in [-0.15, -0.1) is 0 Å². The van der Waals surface area contributed by atoms with E-state index in [2.05, 4.69) is 30.3 Å². The number of hydrogen-bond acceptors (Lipinski definition) is 3. The molecule has 2 atom stereocenters. The van der Waals surface area contributed by atoms with Gasteiger partial charge < -0.3 is 9.47 Å². The van der Waals surface area contributed by atoms with E-state index in [9.17, 15) is 4.79 Å². The Balaban J connectivity index is 1.21. The normalized spacial score (nSPS) is 19.4. The SMILES string of the molecule is O=C(OCc1ccccc1)N1C2C=C(c3ccc(OCc4ccccc4)cc3)CC1CC2. The molecule has 0 saturated carbocycles. The van der Waals surface area contributed by atoms with Crippen LogP contribution in [0, 0.1) is 0 Å². The number of amides is 1. The molecule has 0 N–H and O–H groups in total. The summed E-state index contributed by atoms with van der Waals surface area (Å²) in [6.07, 6.45) is 4.91. The second kappa shape index (κ2) is 9.31. The molecule has 2 unspecified atom stereocenters. The number of hydrogen-bond donors (Lipinski definition) is 0. The van der Waals surface area contributed by atoms with Gasteiger partial charge in [0, 0.05) is 6.04 Å². The molecule has 2 bridgehead atoms. The molecule has 1 amide bonds. The largest absolute Gasteiger partial charge is 0.489 e. The lowest BCUT2D eigenvalue weighted by Gasteiger charge is -2.33. The van der Waals surface area contributed by atoms with Crippen LogP contribution >= 0.6 is 0 Å². The number of fused-ring (bicyclic) bond motifs is 2. The lowest BCUT2D eigenvalue weighted by molar-refractivity contribution is 0.0832. The van der Waals surface area contributed by atoms with Gasteiger partial charge in [-0.3, -0.25) is 4.90 Å². The summed E-state index contributed by atoms with van der Waals surface area (Å²) in [6, 6.07) is 28.6. The Labute approximate surface area is 189 Å². The van der Waals surface area contributed by atoms with Gasteiger partial charge in [0.15, 0.2) is 0 Å². The van der Waals surface area contributed by atoms with Crippen molar-refractivity contribution in [1.82, 2.24) is 4.90 Å². The minimum atomic E-state index is -0.207. The highest BCUT2D eigenvalue weighted by Crippen LogP contribution is 2.39. The van der Waals surface area contributed by atoms with E-state index in [1.54, 1.807) is 0 Å². The van der Waals surface area contributed by atoms with Gasteiger partial charge in [-0.1, -0.05) is 78.9 Å². The number of rotatable bonds is 6. The first-order valence-electron chi connectivity index (χ1n) is 11.2. The Morgan fingerprint density at radius 1 is 0.812 bits per heavy atom. The standard InChI is InChI=1S/C28H27NO3/c30-28(32-20-22-9-5-2-6-10-22)29-25-13-14-26(29)18-24(17-25)23-11-15-27(16-12-23)31-19-21-7-3-1-4-8-21/h1-12,15-17,25-26H,13-14,18-20H2. The maximum absolute atomic E-state index is 12.8. The van der Waals surface area contributed by atoms with Gasteiger partial charge >= 0.3 is 6.09 Å². The van der Waals surface area contributed by atoms with Gasteiger partial charge in [-0.05, 0) is 53.7 Å². The monoisotopic (exact) mass is 425 g/mol. The van der Waals surface area contributed by atoms with Crippen molar-refractivity contribution in [3.8, 4) is 5.75 Å². The van der Waals surface area contributed by atoms with Gasteiger partial charge in [0.1, 0.15) is 19.0 Å². The fraction of sp³-hybridized carbons (Fsp3) is 0.250. The third kappa shape index (κ3) is 4.54. The van der Waals surface area contributed by atoms with E-state index in [0.717, 1.165) is 36.1 Å². The fourth-order valence-corrected chi connectivity index (χ4v) is 4.63. The Bertz CT molecular complexity index is 1080. The van der Waals surface area contributed by atoms with Crippen LogP contribution in [0.25, 0.3) is 5.57 Å². The van der Waals surface area contributed by atoms with Crippen LogP contribution in [0.2, 0.25) is 0 Å². The summed E-state index contributed by atoms with van der Waals surface area (Å²) in [4.78, 5) is 14.7. The minimum absolute atomic E-state index is 0.112. The molecule has 162 valence electrons. The number of ether oxygens (including phenoxy) is 2.